The van der Waals surface area contributed by atoms with Gasteiger partial charge in [0.15, 0.2) is 0 Å². The lowest BCUT2D eigenvalue weighted by Crippen LogP contribution is -2.16. The first kappa shape index (κ1) is 36.5. The van der Waals surface area contributed by atoms with Gasteiger partial charge in [0.1, 0.15) is 0 Å². The Morgan fingerprint density at radius 2 is 0.712 bits per heavy atom. The second-order valence-electron chi connectivity index (χ2n) is 19.1. The zero-order valence-electron chi connectivity index (χ0n) is 36.5. The molecule has 0 saturated heterocycles. The molecule has 3 aliphatic carbocycles. The molecule has 12 aromatic rings. The second-order valence-corrected chi connectivity index (χ2v) is 20.1. The molecule has 1 aromatic heterocycles. The highest BCUT2D eigenvalue weighted by Gasteiger charge is 2.38. The predicted octanol–water partition coefficient (Wildman–Crippen LogP) is 18.6. The van der Waals surface area contributed by atoms with Crippen LogP contribution in [0.15, 0.2) is 206 Å². The fraction of sp³-hybridized carbons (Fsp3) is 0.0462. The summed E-state index contributed by atoms with van der Waals surface area (Å²) in [5, 5.41) is 7.99. The van der Waals surface area contributed by atoms with Gasteiger partial charge in [0, 0.05) is 25.6 Å². The molecule has 0 saturated carbocycles. The van der Waals surface area contributed by atoms with E-state index in [1.165, 1.54) is 153 Å². The minimum atomic E-state index is -0.167. The number of thiophene rings is 1. The number of hydrogen-bond acceptors (Lipinski definition) is 1. The van der Waals surface area contributed by atoms with Crippen molar-refractivity contribution in [2.75, 3.05) is 0 Å². The van der Waals surface area contributed by atoms with E-state index >= 15 is 0 Å². The minimum Gasteiger partial charge on any atom is -0.135 e. The molecule has 0 spiro atoms. The molecule has 0 amide bonds. The third-order valence-corrected chi connectivity index (χ3v) is 16.5. The van der Waals surface area contributed by atoms with Gasteiger partial charge < -0.3 is 0 Å². The number of rotatable bonds is 4. The van der Waals surface area contributed by atoms with Gasteiger partial charge in [0.25, 0.3) is 0 Å². The SMILES string of the molecule is CC1(C)c2ccccc2-c2cccc(-c3cc(-c4ccc5c(c4)-c4ccc(-c6ccc7sc8ccccc8c7c6)c6cccc-5c46)ccc3-c3ccc4c5c(cccc35)-c3ccccc3-4)c21. The van der Waals surface area contributed by atoms with Gasteiger partial charge in [0.2, 0.25) is 0 Å². The van der Waals surface area contributed by atoms with Crippen molar-refractivity contribution < 1.29 is 0 Å². The van der Waals surface area contributed by atoms with Crippen molar-refractivity contribution in [2.24, 2.45) is 0 Å². The van der Waals surface area contributed by atoms with Crippen LogP contribution in [0.1, 0.15) is 25.0 Å². The Labute approximate surface area is 387 Å². The molecule has 15 rings (SSSR count). The van der Waals surface area contributed by atoms with Crippen molar-refractivity contribution in [2.45, 2.75) is 19.3 Å². The first-order valence-corrected chi connectivity index (χ1v) is 24.0. The second kappa shape index (κ2) is 13.1. The van der Waals surface area contributed by atoms with Crippen LogP contribution in [0, 0.1) is 0 Å². The smallest absolute Gasteiger partial charge is 0.0355 e. The van der Waals surface area contributed by atoms with Gasteiger partial charge in [-0.3, -0.25) is 0 Å². The monoisotopic (exact) mass is 852 g/mol. The average molecular weight is 853 g/mol. The predicted molar refractivity (Wildman–Crippen MR) is 283 cm³/mol. The van der Waals surface area contributed by atoms with E-state index in [4.69, 9.17) is 0 Å². The van der Waals surface area contributed by atoms with Crippen molar-refractivity contribution in [1.82, 2.24) is 0 Å². The van der Waals surface area contributed by atoms with Crippen LogP contribution in [0.2, 0.25) is 0 Å². The fourth-order valence-electron chi connectivity index (χ4n) is 12.5. The van der Waals surface area contributed by atoms with Crippen molar-refractivity contribution in [3.05, 3.63) is 217 Å². The Morgan fingerprint density at radius 3 is 1.45 bits per heavy atom. The standard InChI is InChI=1S/C65H40S/c1-65(2)59-22-7-5-14-46(59)54-20-11-21-55(64(54)65)57-35-38(24-27-44(57)43-30-32-52-42-13-4-3-12-41(42)49-17-10-18-50(43)63(49)52)37-25-28-45-51-19-9-16-48-40(29-31-53(62(48)51)56(45)34-37)39-26-33-61-58(36-39)47-15-6-8-23-60(47)66-61/h3-36H,1-2H3. The zero-order chi connectivity index (χ0) is 43.4. The molecule has 1 heterocycles. The molecule has 0 radical (unpaired) electrons. The van der Waals surface area contributed by atoms with E-state index in [2.05, 4.69) is 220 Å². The van der Waals surface area contributed by atoms with Crippen LogP contribution in [-0.4, -0.2) is 0 Å². The van der Waals surface area contributed by atoms with E-state index < -0.39 is 0 Å². The van der Waals surface area contributed by atoms with Gasteiger partial charge in [-0.1, -0.05) is 190 Å². The molecular weight excluding hydrogens is 813 g/mol. The normalized spacial score (nSPS) is 13.4. The molecular formula is C65H40S. The lowest BCUT2D eigenvalue weighted by atomic mass is 9.77. The molecule has 0 N–H and O–H groups in total. The number of fused-ring (bicyclic) bond motifs is 12. The Kier molecular flexibility index (Phi) is 7.26. The highest BCUT2D eigenvalue weighted by atomic mass is 32.1. The third kappa shape index (κ3) is 4.83. The zero-order valence-corrected chi connectivity index (χ0v) is 37.4. The maximum absolute atomic E-state index is 2.49. The Hall–Kier alpha value is -7.84. The molecule has 0 unspecified atom stereocenters. The summed E-state index contributed by atoms with van der Waals surface area (Å²) in [6.07, 6.45) is 0. The Balaban J connectivity index is 0.913. The molecule has 66 heavy (non-hydrogen) atoms. The van der Waals surface area contributed by atoms with Gasteiger partial charge in [-0.2, -0.15) is 0 Å². The van der Waals surface area contributed by atoms with Gasteiger partial charge >= 0.3 is 0 Å². The summed E-state index contributed by atoms with van der Waals surface area (Å²) < 4.78 is 2.68. The molecule has 0 bridgehead atoms. The van der Waals surface area contributed by atoms with Crippen LogP contribution in [0.4, 0.5) is 0 Å². The molecule has 1 heteroatoms. The quantitative estimate of drug-likeness (QED) is 0.165. The van der Waals surface area contributed by atoms with Gasteiger partial charge in [-0.15, -0.1) is 11.3 Å². The highest BCUT2D eigenvalue weighted by molar-refractivity contribution is 7.25. The molecule has 3 aliphatic rings. The summed E-state index contributed by atoms with van der Waals surface area (Å²) in [6.45, 7) is 4.82. The topological polar surface area (TPSA) is 0 Å². The van der Waals surface area contributed by atoms with Crippen molar-refractivity contribution >= 4 is 53.1 Å². The van der Waals surface area contributed by atoms with E-state index in [0.717, 1.165) is 0 Å². The molecule has 0 aliphatic heterocycles. The third-order valence-electron chi connectivity index (χ3n) is 15.4. The first-order chi connectivity index (χ1) is 32.5. The average Bonchev–Trinajstić information content (AvgIpc) is 4.08. The summed E-state index contributed by atoms with van der Waals surface area (Å²) in [4.78, 5) is 0. The van der Waals surface area contributed by atoms with Crippen molar-refractivity contribution in [1.29, 1.82) is 0 Å². The van der Waals surface area contributed by atoms with E-state index in [1.54, 1.807) is 0 Å². The lowest BCUT2D eigenvalue weighted by molar-refractivity contribution is 0.662. The number of hydrogen-bond donors (Lipinski definition) is 0. The summed E-state index contributed by atoms with van der Waals surface area (Å²) in [6, 6.07) is 78.4. The lowest BCUT2D eigenvalue weighted by Gasteiger charge is -2.26. The summed E-state index contributed by atoms with van der Waals surface area (Å²) in [7, 11) is 0. The summed E-state index contributed by atoms with van der Waals surface area (Å²) in [5.74, 6) is 0. The highest BCUT2D eigenvalue weighted by Crippen LogP contribution is 2.56. The Bertz CT molecular complexity index is 4110. The van der Waals surface area contributed by atoms with Crippen molar-refractivity contribution in [3.63, 3.8) is 0 Å². The van der Waals surface area contributed by atoms with E-state index in [-0.39, 0.29) is 5.41 Å². The van der Waals surface area contributed by atoms with Crippen LogP contribution in [0.5, 0.6) is 0 Å². The molecule has 306 valence electrons. The largest absolute Gasteiger partial charge is 0.135 e. The summed E-state index contributed by atoms with van der Waals surface area (Å²) >= 11 is 1.88. The summed E-state index contributed by atoms with van der Waals surface area (Å²) in [5.41, 5.74) is 26.0. The van der Waals surface area contributed by atoms with Crippen molar-refractivity contribution in [3.8, 4) is 100 Å². The van der Waals surface area contributed by atoms with Gasteiger partial charge in [0.05, 0.1) is 0 Å². The maximum atomic E-state index is 2.49. The molecule has 0 fully saturated rings. The molecule has 0 nitrogen and oxygen atoms in total. The van der Waals surface area contributed by atoms with Crippen LogP contribution < -0.4 is 0 Å². The van der Waals surface area contributed by atoms with E-state index in [1.807, 2.05) is 11.3 Å². The van der Waals surface area contributed by atoms with Gasteiger partial charge in [-0.05, 0) is 163 Å². The number of benzene rings is 11. The maximum Gasteiger partial charge on any atom is 0.0355 e. The van der Waals surface area contributed by atoms with Crippen LogP contribution in [0.25, 0.3) is 142 Å². The Morgan fingerprint density at radius 1 is 0.273 bits per heavy atom. The van der Waals surface area contributed by atoms with Crippen LogP contribution >= 0.6 is 11.3 Å². The van der Waals surface area contributed by atoms with E-state index in [9.17, 15) is 0 Å². The molecule has 0 atom stereocenters. The first-order valence-electron chi connectivity index (χ1n) is 23.2. The van der Waals surface area contributed by atoms with Crippen LogP contribution in [-0.2, 0) is 5.41 Å². The minimum absolute atomic E-state index is 0.167. The fourth-order valence-corrected chi connectivity index (χ4v) is 13.6. The van der Waals surface area contributed by atoms with Gasteiger partial charge in [-0.25, -0.2) is 0 Å². The van der Waals surface area contributed by atoms with Crippen LogP contribution in [0.3, 0.4) is 0 Å². The van der Waals surface area contributed by atoms with E-state index in [0.29, 0.717) is 0 Å². The molecule has 11 aromatic carbocycles.